The van der Waals surface area contributed by atoms with E-state index >= 15 is 0 Å². The molecule has 0 saturated heterocycles. The Kier molecular flexibility index (Phi) is 7.13. The van der Waals surface area contributed by atoms with Crippen molar-refractivity contribution in [3.63, 3.8) is 0 Å². The standard InChI is InChI=1S/C21H28O3/c1-5-16(2)19-11-12-21(17(3)15-19)24-18(4)22-13-14-23-20-9-7-6-8-10-20/h6-12,15-16,18H,5,13-14H2,1-4H3. The third kappa shape index (κ3) is 5.57. The molecule has 0 radical (unpaired) electrons. The van der Waals surface area contributed by atoms with Crippen LogP contribution in [0.1, 0.15) is 44.2 Å². The van der Waals surface area contributed by atoms with Crippen LogP contribution in [0.4, 0.5) is 0 Å². The maximum atomic E-state index is 5.89. The van der Waals surface area contributed by atoms with Crippen molar-refractivity contribution in [1.82, 2.24) is 0 Å². The Bertz CT molecular complexity index is 610. The predicted octanol–water partition coefficient (Wildman–Crippen LogP) is 5.33. The van der Waals surface area contributed by atoms with Crippen LogP contribution >= 0.6 is 0 Å². The van der Waals surface area contributed by atoms with E-state index in [0.29, 0.717) is 19.1 Å². The van der Waals surface area contributed by atoms with Crippen molar-refractivity contribution in [2.24, 2.45) is 0 Å². The summed E-state index contributed by atoms with van der Waals surface area (Å²) in [4.78, 5) is 0. The second-order valence-corrected chi connectivity index (χ2v) is 6.05. The van der Waals surface area contributed by atoms with Crippen molar-refractivity contribution in [2.45, 2.75) is 46.3 Å². The largest absolute Gasteiger partial charge is 0.491 e. The third-order valence-electron chi connectivity index (χ3n) is 4.12. The Labute approximate surface area is 145 Å². The molecule has 3 heteroatoms. The van der Waals surface area contributed by atoms with Crippen LogP contribution < -0.4 is 9.47 Å². The highest BCUT2D eigenvalue weighted by Gasteiger charge is 2.09. The van der Waals surface area contributed by atoms with Gasteiger partial charge >= 0.3 is 0 Å². The topological polar surface area (TPSA) is 27.7 Å². The van der Waals surface area contributed by atoms with E-state index < -0.39 is 0 Å². The maximum Gasteiger partial charge on any atom is 0.197 e. The molecule has 24 heavy (non-hydrogen) atoms. The zero-order valence-corrected chi connectivity index (χ0v) is 15.1. The number of aryl methyl sites for hydroxylation is 1. The quantitative estimate of drug-likeness (QED) is 0.460. The van der Waals surface area contributed by atoms with Gasteiger partial charge in [0.1, 0.15) is 18.1 Å². The minimum absolute atomic E-state index is 0.308. The van der Waals surface area contributed by atoms with Crippen molar-refractivity contribution >= 4 is 0 Å². The van der Waals surface area contributed by atoms with Crippen LogP contribution in [0.2, 0.25) is 0 Å². The highest BCUT2D eigenvalue weighted by Crippen LogP contribution is 2.26. The van der Waals surface area contributed by atoms with Crippen molar-refractivity contribution < 1.29 is 14.2 Å². The lowest BCUT2D eigenvalue weighted by molar-refractivity contribution is -0.0742. The van der Waals surface area contributed by atoms with Gasteiger partial charge in [0.05, 0.1) is 6.61 Å². The fourth-order valence-electron chi connectivity index (χ4n) is 2.45. The number of para-hydroxylation sites is 1. The van der Waals surface area contributed by atoms with E-state index in [1.54, 1.807) is 0 Å². The number of ether oxygens (including phenoxy) is 3. The van der Waals surface area contributed by atoms with Crippen LogP contribution in [-0.4, -0.2) is 19.5 Å². The maximum absolute atomic E-state index is 5.89. The van der Waals surface area contributed by atoms with Gasteiger partial charge in [-0.2, -0.15) is 0 Å². The number of rotatable bonds is 9. The lowest BCUT2D eigenvalue weighted by atomic mass is 9.97. The summed E-state index contributed by atoms with van der Waals surface area (Å²) in [5.41, 5.74) is 2.50. The highest BCUT2D eigenvalue weighted by molar-refractivity contribution is 5.37. The van der Waals surface area contributed by atoms with Crippen LogP contribution in [0, 0.1) is 6.92 Å². The minimum atomic E-state index is -0.308. The molecule has 0 saturated carbocycles. The van der Waals surface area contributed by atoms with Gasteiger partial charge in [0, 0.05) is 0 Å². The number of hydrogen-bond acceptors (Lipinski definition) is 3. The molecule has 0 fully saturated rings. The zero-order chi connectivity index (χ0) is 17.4. The van der Waals surface area contributed by atoms with Gasteiger partial charge in [-0.05, 0) is 55.5 Å². The summed E-state index contributed by atoms with van der Waals surface area (Å²) in [5.74, 6) is 2.30. The smallest absolute Gasteiger partial charge is 0.197 e. The van der Waals surface area contributed by atoms with Gasteiger partial charge in [0.25, 0.3) is 0 Å². The molecule has 2 atom stereocenters. The summed E-state index contributed by atoms with van der Waals surface area (Å²) in [7, 11) is 0. The normalized spacial score (nSPS) is 13.3. The average Bonchev–Trinajstić information content (AvgIpc) is 2.60. The molecule has 2 aromatic carbocycles. The van der Waals surface area contributed by atoms with E-state index in [0.717, 1.165) is 23.5 Å². The fraction of sp³-hybridized carbons (Fsp3) is 0.429. The lowest BCUT2D eigenvalue weighted by Crippen LogP contribution is -2.20. The van der Waals surface area contributed by atoms with Crippen molar-refractivity contribution in [1.29, 1.82) is 0 Å². The molecular weight excluding hydrogens is 300 g/mol. The first-order chi connectivity index (χ1) is 11.6. The Morgan fingerprint density at radius 1 is 0.958 bits per heavy atom. The van der Waals surface area contributed by atoms with E-state index in [4.69, 9.17) is 14.2 Å². The van der Waals surface area contributed by atoms with Gasteiger partial charge in [0.2, 0.25) is 0 Å². The first-order valence-corrected chi connectivity index (χ1v) is 8.66. The van der Waals surface area contributed by atoms with Crippen molar-refractivity contribution in [3.05, 3.63) is 59.7 Å². The molecular formula is C21H28O3. The van der Waals surface area contributed by atoms with Gasteiger partial charge in [-0.3, -0.25) is 0 Å². The molecule has 0 aromatic heterocycles. The molecule has 0 spiro atoms. The van der Waals surface area contributed by atoms with Crippen LogP contribution in [0.3, 0.4) is 0 Å². The first kappa shape index (κ1) is 18.3. The summed E-state index contributed by atoms with van der Waals surface area (Å²) < 4.78 is 17.2. The van der Waals surface area contributed by atoms with Crippen LogP contribution in [0.15, 0.2) is 48.5 Å². The highest BCUT2D eigenvalue weighted by atomic mass is 16.7. The molecule has 2 aromatic rings. The van der Waals surface area contributed by atoms with Gasteiger partial charge in [0.15, 0.2) is 6.29 Å². The van der Waals surface area contributed by atoms with Gasteiger partial charge < -0.3 is 14.2 Å². The van der Waals surface area contributed by atoms with E-state index in [1.165, 1.54) is 5.56 Å². The summed E-state index contributed by atoms with van der Waals surface area (Å²) in [6.07, 6.45) is 0.832. The molecule has 0 N–H and O–H groups in total. The summed E-state index contributed by atoms with van der Waals surface area (Å²) in [5, 5.41) is 0. The Morgan fingerprint density at radius 3 is 2.38 bits per heavy atom. The first-order valence-electron chi connectivity index (χ1n) is 8.66. The number of hydrogen-bond donors (Lipinski definition) is 0. The SMILES string of the molecule is CCC(C)c1ccc(OC(C)OCCOc2ccccc2)c(C)c1. The van der Waals surface area contributed by atoms with E-state index in [9.17, 15) is 0 Å². The molecule has 0 aliphatic carbocycles. The Balaban J connectivity index is 1.76. The molecule has 3 nitrogen and oxygen atoms in total. The molecule has 0 aliphatic heterocycles. The second-order valence-electron chi connectivity index (χ2n) is 6.05. The minimum Gasteiger partial charge on any atom is -0.491 e. The predicted molar refractivity (Wildman–Crippen MR) is 97.9 cm³/mol. The Morgan fingerprint density at radius 2 is 1.71 bits per heavy atom. The molecule has 0 aliphatic rings. The van der Waals surface area contributed by atoms with Crippen LogP contribution in [0.5, 0.6) is 11.5 Å². The van der Waals surface area contributed by atoms with Crippen LogP contribution in [0.25, 0.3) is 0 Å². The average molecular weight is 328 g/mol. The summed E-state index contributed by atoms with van der Waals surface area (Å²) in [6.45, 7) is 9.42. The molecule has 2 rings (SSSR count). The second kappa shape index (κ2) is 9.33. The van der Waals surface area contributed by atoms with E-state index in [-0.39, 0.29) is 6.29 Å². The van der Waals surface area contributed by atoms with E-state index in [2.05, 4.69) is 32.9 Å². The van der Waals surface area contributed by atoms with Gasteiger partial charge in [-0.1, -0.05) is 44.2 Å². The fourth-order valence-corrected chi connectivity index (χ4v) is 2.45. The van der Waals surface area contributed by atoms with Gasteiger partial charge in [-0.25, -0.2) is 0 Å². The monoisotopic (exact) mass is 328 g/mol. The van der Waals surface area contributed by atoms with Crippen molar-refractivity contribution in [3.8, 4) is 11.5 Å². The Hall–Kier alpha value is -2.00. The number of benzene rings is 2. The molecule has 0 heterocycles. The van der Waals surface area contributed by atoms with Crippen LogP contribution in [-0.2, 0) is 4.74 Å². The summed E-state index contributed by atoms with van der Waals surface area (Å²) >= 11 is 0. The zero-order valence-electron chi connectivity index (χ0n) is 15.1. The van der Waals surface area contributed by atoms with Gasteiger partial charge in [-0.15, -0.1) is 0 Å². The third-order valence-corrected chi connectivity index (χ3v) is 4.12. The molecule has 2 unspecified atom stereocenters. The van der Waals surface area contributed by atoms with Crippen molar-refractivity contribution in [2.75, 3.05) is 13.2 Å². The molecule has 0 bridgehead atoms. The summed E-state index contributed by atoms with van der Waals surface area (Å²) in [6, 6.07) is 16.1. The molecule has 0 amide bonds. The van der Waals surface area contributed by atoms with E-state index in [1.807, 2.05) is 43.3 Å². The lowest BCUT2D eigenvalue weighted by Gasteiger charge is -2.18. The molecule has 130 valence electrons.